The average Bonchev–Trinajstić information content (AvgIpc) is 2.46. The van der Waals surface area contributed by atoms with Gasteiger partial charge in [-0.25, -0.2) is 4.79 Å². The fraction of sp³-hybridized carbons (Fsp3) is 0.500. The maximum atomic E-state index is 11.7. The minimum atomic E-state index is -0.263. The Morgan fingerprint density at radius 3 is 2.38 bits per heavy atom. The molecule has 0 spiro atoms. The number of urea groups is 1. The second kappa shape index (κ2) is 8.29. The molecular formula is C16H25N3O2. The summed E-state index contributed by atoms with van der Waals surface area (Å²) in [4.78, 5) is 23.3. The Morgan fingerprint density at radius 1 is 1.10 bits per heavy atom. The standard InChI is InChI=1S/C16H25N3O2/c1-4-16(2,3)19-14(20)10-11-17-15(21)18-12-13-8-6-5-7-9-13/h5-9H,4,10-12H2,1-3H3,(H,19,20)(H2,17,18,21). The van der Waals surface area contributed by atoms with E-state index in [4.69, 9.17) is 0 Å². The van der Waals surface area contributed by atoms with Gasteiger partial charge in [0.15, 0.2) is 0 Å². The van der Waals surface area contributed by atoms with Crippen LogP contribution >= 0.6 is 0 Å². The Balaban J connectivity index is 2.17. The van der Waals surface area contributed by atoms with Crippen molar-refractivity contribution in [2.24, 2.45) is 0 Å². The van der Waals surface area contributed by atoms with Crippen molar-refractivity contribution in [1.82, 2.24) is 16.0 Å². The molecule has 3 amide bonds. The number of carbonyl (C=O) groups is 2. The van der Waals surface area contributed by atoms with Crippen molar-refractivity contribution in [3.8, 4) is 0 Å². The summed E-state index contributed by atoms with van der Waals surface area (Å²) in [6, 6.07) is 9.41. The van der Waals surface area contributed by atoms with E-state index in [2.05, 4.69) is 16.0 Å². The van der Waals surface area contributed by atoms with Crippen molar-refractivity contribution in [2.45, 2.75) is 45.7 Å². The van der Waals surface area contributed by atoms with Gasteiger partial charge in [0.1, 0.15) is 0 Å². The number of amides is 3. The van der Waals surface area contributed by atoms with Crippen LogP contribution in [0.1, 0.15) is 39.2 Å². The van der Waals surface area contributed by atoms with Crippen LogP contribution in [0.5, 0.6) is 0 Å². The summed E-state index contributed by atoms with van der Waals surface area (Å²) in [5.41, 5.74) is 0.835. The van der Waals surface area contributed by atoms with Gasteiger partial charge < -0.3 is 16.0 Å². The lowest BCUT2D eigenvalue weighted by molar-refractivity contribution is -0.122. The highest BCUT2D eigenvalue weighted by atomic mass is 16.2. The van der Waals surface area contributed by atoms with Crippen LogP contribution < -0.4 is 16.0 Å². The first kappa shape index (κ1) is 17.0. The molecule has 1 aromatic carbocycles. The Labute approximate surface area is 126 Å². The minimum absolute atomic E-state index is 0.0507. The first-order valence-corrected chi connectivity index (χ1v) is 7.29. The van der Waals surface area contributed by atoms with Gasteiger partial charge in [-0.1, -0.05) is 37.3 Å². The smallest absolute Gasteiger partial charge is 0.315 e. The molecule has 0 heterocycles. The van der Waals surface area contributed by atoms with Gasteiger partial charge in [-0.05, 0) is 25.8 Å². The zero-order chi connectivity index (χ0) is 15.7. The van der Waals surface area contributed by atoms with Gasteiger partial charge >= 0.3 is 6.03 Å². The number of hydrogen-bond acceptors (Lipinski definition) is 2. The third-order valence-electron chi connectivity index (χ3n) is 3.30. The molecule has 0 saturated heterocycles. The largest absolute Gasteiger partial charge is 0.351 e. The molecule has 0 aliphatic heterocycles. The van der Waals surface area contributed by atoms with Crippen LogP contribution in [-0.2, 0) is 11.3 Å². The first-order valence-electron chi connectivity index (χ1n) is 7.29. The fourth-order valence-electron chi connectivity index (χ4n) is 1.66. The molecule has 1 rings (SSSR count). The maximum absolute atomic E-state index is 11.7. The summed E-state index contributed by atoms with van der Waals surface area (Å²) in [5, 5.41) is 8.35. The Hall–Kier alpha value is -2.04. The van der Waals surface area contributed by atoms with Gasteiger partial charge in [-0.3, -0.25) is 4.79 Å². The van der Waals surface area contributed by atoms with E-state index in [9.17, 15) is 9.59 Å². The minimum Gasteiger partial charge on any atom is -0.351 e. The van der Waals surface area contributed by atoms with Crippen LogP contribution in [0.25, 0.3) is 0 Å². The summed E-state index contributed by atoms with van der Waals surface area (Å²) in [6.45, 7) is 6.78. The molecule has 0 atom stereocenters. The molecule has 1 aromatic rings. The molecule has 5 heteroatoms. The Morgan fingerprint density at radius 2 is 1.76 bits per heavy atom. The summed E-state index contributed by atoms with van der Waals surface area (Å²) < 4.78 is 0. The van der Waals surface area contributed by atoms with E-state index in [0.29, 0.717) is 13.1 Å². The van der Waals surface area contributed by atoms with Crippen LogP contribution in [0.4, 0.5) is 4.79 Å². The topological polar surface area (TPSA) is 70.2 Å². The average molecular weight is 291 g/mol. The molecule has 0 radical (unpaired) electrons. The van der Waals surface area contributed by atoms with Gasteiger partial charge in [0.25, 0.3) is 0 Å². The third kappa shape index (κ3) is 7.34. The predicted molar refractivity (Wildman–Crippen MR) is 83.8 cm³/mol. The number of hydrogen-bond donors (Lipinski definition) is 3. The van der Waals surface area contributed by atoms with Crippen LogP contribution in [0.2, 0.25) is 0 Å². The Kier molecular flexibility index (Phi) is 6.72. The van der Waals surface area contributed by atoms with Crippen molar-refractivity contribution in [1.29, 1.82) is 0 Å². The Bertz CT molecular complexity index is 458. The molecular weight excluding hydrogens is 266 g/mol. The third-order valence-corrected chi connectivity index (χ3v) is 3.30. The van der Waals surface area contributed by atoms with Crippen LogP contribution in [0.3, 0.4) is 0 Å². The van der Waals surface area contributed by atoms with Crippen molar-refractivity contribution in [3.63, 3.8) is 0 Å². The molecule has 0 aliphatic carbocycles. The highest BCUT2D eigenvalue weighted by molar-refractivity contribution is 5.78. The summed E-state index contributed by atoms with van der Waals surface area (Å²) in [7, 11) is 0. The zero-order valence-corrected chi connectivity index (χ0v) is 13.0. The first-order chi connectivity index (χ1) is 9.93. The summed E-state index contributed by atoms with van der Waals surface area (Å²) in [6.07, 6.45) is 1.14. The second-order valence-corrected chi connectivity index (χ2v) is 5.63. The molecule has 0 aromatic heterocycles. The lowest BCUT2D eigenvalue weighted by Crippen LogP contribution is -2.44. The molecule has 0 fully saturated rings. The van der Waals surface area contributed by atoms with Crippen molar-refractivity contribution < 1.29 is 9.59 Å². The number of rotatable bonds is 7. The lowest BCUT2D eigenvalue weighted by Gasteiger charge is -2.24. The molecule has 0 bridgehead atoms. The zero-order valence-electron chi connectivity index (χ0n) is 13.0. The monoisotopic (exact) mass is 291 g/mol. The van der Waals surface area contributed by atoms with Crippen LogP contribution in [0.15, 0.2) is 30.3 Å². The quantitative estimate of drug-likeness (QED) is 0.720. The van der Waals surface area contributed by atoms with E-state index in [1.165, 1.54) is 0 Å². The number of benzene rings is 1. The summed E-state index contributed by atoms with van der Waals surface area (Å²) in [5.74, 6) is -0.0507. The number of nitrogens with one attached hydrogen (secondary N) is 3. The van der Waals surface area contributed by atoms with E-state index in [0.717, 1.165) is 12.0 Å². The van der Waals surface area contributed by atoms with Crippen LogP contribution in [-0.4, -0.2) is 24.0 Å². The van der Waals surface area contributed by atoms with E-state index in [1.807, 2.05) is 51.1 Å². The highest BCUT2D eigenvalue weighted by Gasteiger charge is 2.17. The fourth-order valence-corrected chi connectivity index (χ4v) is 1.66. The van der Waals surface area contributed by atoms with Crippen molar-refractivity contribution >= 4 is 11.9 Å². The summed E-state index contributed by atoms with van der Waals surface area (Å²) >= 11 is 0. The molecule has 0 aliphatic rings. The molecule has 0 unspecified atom stereocenters. The molecule has 5 nitrogen and oxygen atoms in total. The molecule has 3 N–H and O–H groups in total. The molecule has 116 valence electrons. The normalized spacial score (nSPS) is 10.8. The van der Waals surface area contributed by atoms with Gasteiger partial charge in [-0.15, -0.1) is 0 Å². The van der Waals surface area contributed by atoms with E-state index < -0.39 is 0 Å². The van der Waals surface area contributed by atoms with Crippen molar-refractivity contribution in [3.05, 3.63) is 35.9 Å². The maximum Gasteiger partial charge on any atom is 0.315 e. The van der Waals surface area contributed by atoms with Crippen molar-refractivity contribution in [2.75, 3.05) is 6.54 Å². The molecule has 21 heavy (non-hydrogen) atoms. The van der Waals surface area contributed by atoms with Gasteiger partial charge in [0.2, 0.25) is 5.91 Å². The SMILES string of the molecule is CCC(C)(C)NC(=O)CCNC(=O)NCc1ccccc1. The van der Waals surface area contributed by atoms with E-state index in [1.54, 1.807) is 0 Å². The second-order valence-electron chi connectivity index (χ2n) is 5.63. The lowest BCUT2D eigenvalue weighted by atomic mass is 10.0. The van der Waals surface area contributed by atoms with E-state index >= 15 is 0 Å². The number of carbonyl (C=O) groups excluding carboxylic acids is 2. The van der Waals surface area contributed by atoms with Gasteiger partial charge in [0, 0.05) is 25.0 Å². The van der Waals surface area contributed by atoms with Gasteiger partial charge in [0.05, 0.1) is 0 Å². The van der Waals surface area contributed by atoms with Gasteiger partial charge in [-0.2, -0.15) is 0 Å². The highest BCUT2D eigenvalue weighted by Crippen LogP contribution is 2.06. The molecule has 0 saturated carbocycles. The predicted octanol–water partition coefficient (Wildman–Crippen LogP) is 2.18. The van der Waals surface area contributed by atoms with E-state index in [-0.39, 0.29) is 23.9 Å². The van der Waals surface area contributed by atoms with Crippen LogP contribution in [0, 0.1) is 0 Å².